The van der Waals surface area contributed by atoms with Gasteiger partial charge in [-0.2, -0.15) is 8.42 Å². The molecule has 3 N–H and O–H groups in total. The molecular formula is C35H38FN5O6S. The summed E-state index contributed by atoms with van der Waals surface area (Å²) in [5, 5.41) is 3.93. The number of hydrogen-bond acceptors (Lipinski definition) is 6. The molecule has 3 heterocycles. The summed E-state index contributed by atoms with van der Waals surface area (Å²) in [5.74, 6) is -0.608. The largest absolute Gasteiger partial charge is 0.341 e. The van der Waals surface area contributed by atoms with E-state index in [1.54, 1.807) is 31.2 Å². The highest BCUT2D eigenvalue weighted by Crippen LogP contribution is 2.35. The van der Waals surface area contributed by atoms with Crippen LogP contribution in [0.5, 0.6) is 0 Å². The molecule has 4 aliphatic rings. The summed E-state index contributed by atoms with van der Waals surface area (Å²) in [7, 11) is -4.39. The number of aryl methyl sites for hydroxylation is 1. The first-order chi connectivity index (χ1) is 22.9. The van der Waals surface area contributed by atoms with Crippen LogP contribution in [0.1, 0.15) is 60.1 Å². The number of benzene rings is 3. The molecule has 1 aliphatic carbocycles. The van der Waals surface area contributed by atoms with Gasteiger partial charge in [0.25, 0.3) is 16.0 Å². The van der Waals surface area contributed by atoms with E-state index in [0.29, 0.717) is 41.7 Å². The Morgan fingerprint density at radius 3 is 2.29 bits per heavy atom. The second-order valence-electron chi connectivity index (χ2n) is 12.8. The number of aliphatic imine (C=N–C) groups is 1. The molecule has 3 fully saturated rings. The number of hydrogen-bond donors (Lipinski definition) is 3. The van der Waals surface area contributed by atoms with Gasteiger partial charge in [0.1, 0.15) is 17.6 Å². The van der Waals surface area contributed by atoms with Crippen LogP contribution in [0.25, 0.3) is 0 Å². The zero-order chi connectivity index (χ0) is 34.2. The van der Waals surface area contributed by atoms with Crippen LogP contribution in [0, 0.1) is 24.6 Å². The second-order valence-corrected chi connectivity index (χ2v) is 14.6. The third-order valence-electron chi connectivity index (χ3n) is 9.55. The van der Waals surface area contributed by atoms with Gasteiger partial charge in [0, 0.05) is 29.9 Å². The Morgan fingerprint density at radius 1 is 0.979 bits per heavy atom. The van der Waals surface area contributed by atoms with Crippen molar-refractivity contribution >= 4 is 45.1 Å². The van der Waals surface area contributed by atoms with Crippen LogP contribution < -0.4 is 15.5 Å². The van der Waals surface area contributed by atoms with Gasteiger partial charge in [-0.05, 0) is 86.8 Å². The molecule has 48 heavy (non-hydrogen) atoms. The van der Waals surface area contributed by atoms with Gasteiger partial charge in [0.2, 0.25) is 12.1 Å². The summed E-state index contributed by atoms with van der Waals surface area (Å²) < 4.78 is 48.2. The molecule has 13 heteroatoms. The van der Waals surface area contributed by atoms with E-state index in [1.807, 2.05) is 4.90 Å². The van der Waals surface area contributed by atoms with Crippen molar-refractivity contribution < 1.29 is 31.7 Å². The predicted octanol–water partition coefficient (Wildman–Crippen LogP) is 5.06. The van der Waals surface area contributed by atoms with Crippen molar-refractivity contribution in [3.8, 4) is 0 Å². The monoisotopic (exact) mass is 675 g/mol. The molecule has 3 aliphatic heterocycles. The molecule has 1 saturated carbocycles. The lowest BCUT2D eigenvalue weighted by atomic mass is 9.84. The van der Waals surface area contributed by atoms with Crippen LogP contribution in [-0.2, 0) is 19.7 Å². The average molecular weight is 676 g/mol. The van der Waals surface area contributed by atoms with Crippen LogP contribution in [0.2, 0.25) is 0 Å². The lowest BCUT2D eigenvalue weighted by Crippen LogP contribution is -2.52. The van der Waals surface area contributed by atoms with Gasteiger partial charge in [-0.15, -0.1) is 0 Å². The van der Waals surface area contributed by atoms with Gasteiger partial charge in [-0.25, -0.2) is 14.2 Å². The molecule has 2 atom stereocenters. The number of rotatable bonds is 7. The maximum absolute atomic E-state index is 15.3. The number of benzodiazepines with no additional fused rings is 1. The van der Waals surface area contributed by atoms with E-state index in [1.165, 1.54) is 54.3 Å². The lowest BCUT2D eigenvalue weighted by molar-refractivity contribution is -0.132. The molecule has 2 saturated heterocycles. The smallest absolute Gasteiger partial charge is 0.321 e. The topological polar surface area (TPSA) is 148 Å². The number of carbonyl (C=O) groups excluding carboxylic acids is 3. The molecule has 252 valence electrons. The summed E-state index contributed by atoms with van der Waals surface area (Å²) in [5.41, 5.74) is 2.20. The summed E-state index contributed by atoms with van der Waals surface area (Å²) in [6.07, 6.45) is 2.77. The second kappa shape index (κ2) is 13.5. The number of halogens is 1. The minimum absolute atomic E-state index is 0.119. The normalized spacial score (nSPS) is 21.5. The standard InChI is InChI=1S/C35H38FN5O6S/c1-21-7-5-11-28-31(27-10-3-4-12-29(27)36)38-33(39-35(44)37-26-9-6-8-25(17-26)22(2)48(45,46)47)34(43)41(32(21)28)20-30(42)40-18-23-13-14-24(19-40)16-15-23/h3-12,17,22-24,33H,13-16,18-20H2,1-2H3,(H2,37,39,44)(H,45,46,47)/t22?,23?,24?,33-/m0/s1. The SMILES string of the molecule is Cc1cccc2c1N(CC(=O)N1CC3CCC(CC3)C1)C(=O)[C@H](NC(=O)Nc1cccc(C(C)S(=O)(=O)O)c1)N=C2c1ccccc1F. The highest BCUT2D eigenvalue weighted by molar-refractivity contribution is 7.86. The fourth-order valence-electron chi connectivity index (χ4n) is 6.90. The molecule has 3 aromatic carbocycles. The van der Waals surface area contributed by atoms with Crippen LogP contribution in [0.4, 0.5) is 20.6 Å². The summed E-state index contributed by atoms with van der Waals surface area (Å²) in [4.78, 5) is 49.5. The Bertz CT molecular complexity index is 1880. The number of nitrogens with one attached hydrogen (secondary N) is 2. The van der Waals surface area contributed by atoms with Gasteiger partial charge in [0.05, 0.1) is 11.4 Å². The quantitative estimate of drug-likeness (QED) is 0.298. The first kappa shape index (κ1) is 33.3. The first-order valence-electron chi connectivity index (χ1n) is 16.0. The predicted molar refractivity (Wildman–Crippen MR) is 180 cm³/mol. The van der Waals surface area contributed by atoms with Crippen LogP contribution in [0.3, 0.4) is 0 Å². The van der Waals surface area contributed by atoms with E-state index in [4.69, 9.17) is 0 Å². The average Bonchev–Trinajstić information content (AvgIpc) is 3.44. The van der Waals surface area contributed by atoms with Crippen molar-refractivity contribution in [2.75, 3.05) is 29.9 Å². The molecule has 7 rings (SSSR count). The van der Waals surface area contributed by atoms with Crippen LogP contribution in [-0.4, -0.2) is 67.2 Å². The van der Waals surface area contributed by atoms with Gasteiger partial charge in [-0.3, -0.25) is 19.0 Å². The number of fused-ring (bicyclic) bond motifs is 5. The Labute approximate surface area is 279 Å². The highest BCUT2D eigenvalue weighted by atomic mass is 32.2. The van der Waals surface area contributed by atoms with Crippen LogP contribution >= 0.6 is 0 Å². The number of urea groups is 1. The highest BCUT2D eigenvalue weighted by Gasteiger charge is 2.38. The van der Waals surface area contributed by atoms with Crippen molar-refractivity contribution in [1.29, 1.82) is 0 Å². The van der Waals surface area contributed by atoms with E-state index >= 15 is 4.39 Å². The number of nitrogens with zero attached hydrogens (tertiary/aromatic N) is 3. The van der Waals surface area contributed by atoms with Crippen molar-refractivity contribution in [2.45, 2.75) is 50.9 Å². The van der Waals surface area contributed by atoms with Crippen molar-refractivity contribution in [3.05, 3.63) is 94.8 Å². The Morgan fingerprint density at radius 2 is 1.62 bits per heavy atom. The number of para-hydroxylation sites is 1. The van der Waals surface area contributed by atoms with E-state index in [2.05, 4.69) is 15.6 Å². The van der Waals surface area contributed by atoms with E-state index in [-0.39, 0.29) is 35.0 Å². The third kappa shape index (κ3) is 6.97. The molecule has 0 radical (unpaired) electrons. The fraction of sp³-hybridized carbons (Fsp3) is 0.371. The zero-order valence-corrected chi connectivity index (χ0v) is 27.5. The van der Waals surface area contributed by atoms with E-state index in [9.17, 15) is 27.4 Å². The van der Waals surface area contributed by atoms with Crippen molar-refractivity contribution in [1.82, 2.24) is 10.2 Å². The summed E-state index contributed by atoms with van der Waals surface area (Å²) in [6, 6.07) is 16.4. The minimum atomic E-state index is -4.39. The molecule has 0 aromatic heterocycles. The molecule has 3 aromatic rings. The lowest BCUT2D eigenvalue weighted by Gasteiger charge is -2.30. The summed E-state index contributed by atoms with van der Waals surface area (Å²) >= 11 is 0. The Hall–Kier alpha value is -4.62. The van der Waals surface area contributed by atoms with Crippen molar-refractivity contribution in [3.63, 3.8) is 0 Å². The van der Waals surface area contributed by atoms with E-state index < -0.39 is 39.3 Å². The Balaban J connectivity index is 1.35. The van der Waals surface area contributed by atoms with Gasteiger partial charge >= 0.3 is 6.03 Å². The molecule has 2 bridgehead atoms. The molecular weight excluding hydrogens is 637 g/mol. The zero-order valence-electron chi connectivity index (χ0n) is 26.7. The Kier molecular flexibility index (Phi) is 9.35. The minimum Gasteiger partial charge on any atom is -0.341 e. The maximum atomic E-state index is 15.3. The van der Waals surface area contributed by atoms with Gasteiger partial charge < -0.3 is 15.5 Å². The number of anilines is 2. The van der Waals surface area contributed by atoms with E-state index in [0.717, 1.165) is 25.7 Å². The van der Waals surface area contributed by atoms with Crippen molar-refractivity contribution in [2.24, 2.45) is 16.8 Å². The summed E-state index contributed by atoms with van der Waals surface area (Å²) in [6.45, 7) is 4.09. The number of carbonyl (C=O) groups is 3. The van der Waals surface area contributed by atoms with Crippen LogP contribution in [0.15, 0.2) is 71.7 Å². The molecule has 0 spiro atoms. The fourth-order valence-corrected chi connectivity index (χ4v) is 7.40. The van der Waals surface area contributed by atoms with Gasteiger partial charge in [0.15, 0.2) is 0 Å². The van der Waals surface area contributed by atoms with Gasteiger partial charge in [-0.1, -0.05) is 42.5 Å². The third-order valence-corrected chi connectivity index (χ3v) is 10.7. The molecule has 11 nitrogen and oxygen atoms in total. The number of amides is 4. The molecule has 4 amide bonds. The first-order valence-corrected chi connectivity index (χ1v) is 17.5. The maximum Gasteiger partial charge on any atom is 0.321 e. The molecule has 1 unspecified atom stereocenters.